The first kappa shape index (κ1) is 14.3. The van der Waals surface area contributed by atoms with Gasteiger partial charge in [0, 0.05) is 12.1 Å². The third kappa shape index (κ3) is 4.18. The van der Waals surface area contributed by atoms with Crippen LogP contribution in [0.25, 0.3) is 0 Å². The molecule has 0 radical (unpaired) electrons. The van der Waals surface area contributed by atoms with Gasteiger partial charge in [-0.2, -0.15) is 0 Å². The van der Waals surface area contributed by atoms with Crippen LogP contribution >= 0.6 is 11.6 Å². The molecule has 0 aromatic heterocycles. The Labute approximate surface area is 117 Å². The molecule has 1 aromatic carbocycles. The third-order valence-corrected chi connectivity index (χ3v) is 3.49. The van der Waals surface area contributed by atoms with Crippen LogP contribution in [0.2, 0.25) is 0 Å². The number of likely N-dealkylation sites (tertiary alicyclic amines) is 1. The van der Waals surface area contributed by atoms with Gasteiger partial charge in [0.1, 0.15) is 6.61 Å². The van der Waals surface area contributed by atoms with Gasteiger partial charge < -0.3 is 4.74 Å². The van der Waals surface area contributed by atoms with E-state index >= 15 is 0 Å². The van der Waals surface area contributed by atoms with E-state index in [1.165, 1.54) is 31.4 Å². The van der Waals surface area contributed by atoms with Gasteiger partial charge in [0.25, 0.3) is 5.24 Å². The summed E-state index contributed by atoms with van der Waals surface area (Å²) in [5.41, 5.74) is 0.141. The van der Waals surface area contributed by atoms with Crippen molar-refractivity contribution in [3.63, 3.8) is 0 Å². The lowest BCUT2D eigenvalue weighted by atomic mass is 10.1. The maximum atomic E-state index is 13.6. The van der Waals surface area contributed by atoms with E-state index < -0.39 is 11.1 Å². The Morgan fingerprint density at radius 1 is 1.32 bits per heavy atom. The minimum absolute atomic E-state index is 0.141. The number of hydrogen-bond donors (Lipinski definition) is 0. The molecule has 104 valence electrons. The van der Waals surface area contributed by atoms with Crippen LogP contribution < -0.4 is 4.74 Å². The zero-order valence-corrected chi connectivity index (χ0v) is 11.5. The van der Waals surface area contributed by atoms with Gasteiger partial charge in [-0.25, -0.2) is 4.39 Å². The Balaban J connectivity index is 1.83. The number of nitrogens with zero attached hydrogens (tertiary/aromatic N) is 1. The van der Waals surface area contributed by atoms with E-state index in [4.69, 9.17) is 16.3 Å². The molecule has 0 aliphatic carbocycles. The fraction of sp³-hybridized carbons (Fsp3) is 0.500. The minimum atomic E-state index is -0.668. The van der Waals surface area contributed by atoms with E-state index in [1.807, 2.05) is 0 Å². The Morgan fingerprint density at radius 2 is 2.05 bits per heavy atom. The molecule has 0 amide bonds. The zero-order valence-electron chi connectivity index (χ0n) is 10.7. The van der Waals surface area contributed by atoms with Gasteiger partial charge in [-0.05, 0) is 55.7 Å². The van der Waals surface area contributed by atoms with Crippen molar-refractivity contribution < 1.29 is 13.9 Å². The van der Waals surface area contributed by atoms with Crippen LogP contribution in [-0.2, 0) is 0 Å². The van der Waals surface area contributed by atoms with Crippen molar-refractivity contribution in [2.24, 2.45) is 0 Å². The molecule has 0 unspecified atom stereocenters. The molecule has 1 aliphatic heterocycles. The van der Waals surface area contributed by atoms with Crippen molar-refractivity contribution in [1.29, 1.82) is 0 Å². The lowest BCUT2D eigenvalue weighted by Gasteiger charge is -2.26. The molecular weight excluding hydrogens is 269 g/mol. The molecule has 1 saturated heterocycles. The van der Waals surface area contributed by atoms with Gasteiger partial charge in [0.05, 0.1) is 0 Å². The summed E-state index contributed by atoms with van der Waals surface area (Å²) in [5, 5.41) is -0.668. The fourth-order valence-corrected chi connectivity index (χ4v) is 2.33. The van der Waals surface area contributed by atoms with E-state index in [0.29, 0.717) is 6.61 Å². The molecule has 1 heterocycles. The molecule has 1 aromatic rings. The average Bonchev–Trinajstić information content (AvgIpc) is 2.41. The lowest BCUT2D eigenvalue weighted by molar-refractivity contribution is 0.108. The second kappa shape index (κ2) is 6.87. The summed E-state index contributed by atoms with van der Waals surface area (Å²) >= 11 is 5.28. The number of hydrogen-bond acceptors (Lipinski definition) is 3. The molecule has 1 fully saturated rings. The van der Waals surface area contributed by atoms with Gasteiger partial charge in [-0.1, -0.05) is 6.42 Å². The highest BCUT2D eigenvalue weighted by molar-refractivity contribution is 6.67. The quantitative estimate of drug-likeness (QED) is 0.779. The number of benzene rings is 1. The van der Waals surface area contributed by atoms with Crippen molar-refractivity contribution in [3.05, 3.63) is 29.6 Å². The van der Waals surface area contributed by atoms with Crippen molar-refractivity contribution in [1.82, 2.24) is 4.90 Å². The van der Waals surface area contributed by atoms with E-state index in [9.17, 15) is 9.18 Å². The van der Waals surface area contributed by atoms with Crippen molar-refractivity contribution in [3.8, 4) is 5.75 Å². The predicted molar refractivity (Wildman–Crippen MR) is 72.4 cm³/mol. The summed E-state index contributed by atoms with van der Waals surface area (Å²) in [6.07, 6.45) is 3.74. The fourth-order valence-electron chi connectivity index (χ4n) is 2.21. The van der Waals surface area contributed by atoms with Crippen LogP contribution in [0.5, 0.6) is 5.75 Å². The highest BCUT2D eigenvalue weighted by Gasteiger charge is 2.11. The molecule has 19 heavy (non-hydrogen) atoms. The molecular formula is C14H17ClFNO2. The number of halogens is 2. The average molecular weight is 286 g/mol. The maximum Gasteiger partial charge on any atom is 0.252 e. The van der Waals surface area contributed by atoms with Crippen molar-refractivity contribution in [2.45, 2.75) is 19.3 Å². The molecule has 0 bridgehead atoms. The molecule has 0 saturated carbocycles. The smallest absolute Gasteiger partial charge is 0.252 e. The number of ether oxygens (including phenoxy) is 1. The van der Waals surface area contributed by atoms with Gasteiger partial charge in [-0.3, -0.25) is 9.69 Å². The Bertz CT molecular complexity index is 447. The molecule has 1 aliphatic rings. The molecule has 5 heteroatoms. The third-order valence-electron chi connectivity index (χ3n) is 3.27. The normalized spacial score (nSPS) is 16.3. The van der Waals surface area contributed by atoms with E-state index in [2.05, 4.69) is 4.90 Å². The summed E-state index contributed by atoms with van der Waals surface area (Å²) in [4.78, 5) is 13.2. The standard InChI is InChI=1S/C14H17ClFNO2/c15-14(18)11-4-5-13(12(16)10-11)19-9-8-17-6-2-1-3-7-17/h4-5,10H,1-3,6-9H2. The maximum absolute atomic E-state index is 13.6. The zero-order chi connectivity index (χ0) is 13.7. The van der Waals surface area contributed by atoms with Gasteiger partial charge in [-0.15, -0.1) is 0 Å². The Kier molecular flexibility index (Phi) is 5.16. The monoisotopic (exact) mass is 285 g/mol. The first-order valence-corrected chi connectivity index (χ1v) is 6.89. The van der Waals surface area contributed by atoms with Crippen LogP contribution in [-0.4, -0.2) is 36.4 Å². The summed E-state index contributed by atoms with van der Waals surface area (Å²) in [5.74, 6) is -0.385. The molecule has 0 N–H and O–H groups in total. The van der Waals surface area contributed by atoms with Gasteiger partial charge in [0.15, 0.2) is 11.6 Å². The van der Waals surface area contributed by atoms with Crippen LogP contribution in [0.15, 0.2) is 18.2 Å². The topological polar surface area (TPSA) is 29.5 Å². The second-order valence-electron chi connectivity index (χ2n) is 4.67. The van der Waals surface area contributed by atoms with Crippen LogP contribution in [0.1, 0.15) is 29.6 Å². The number of piperidine rings is 1. The van der Waals surface area contributed by atoms with Crippen molar-refractivity contribution >= 4 is 16.8 Å². The minimum Gasteiger partial charge on any atom is -0.489 e. The second-order valence-corrected chi connectivity index (χ2v) is 5.01. The van der Waals surface area contributed by atoms with Crippen LogP contribution in [0, 0.1) is 5.82 Å². The molecule has 2 rings (SSSR count). The highest BCUT2D eigenvalue weighted by atomic mass is 35.5. The largest absolute Gasteiger partial charge is 0.489 e. The van der Waals surface area contributed by atoms with Crippen LogP contribution in [0.4, 0.5) is 4.39 Å². The van der Waals surface area contributed by atoms with E-state index in [1.54, 1.807) is 0 Å². The SMILES string of the molecule is O=C(Cl)c1ccc(OCCN2CCCCC2)c(F)c1. The Hall–Kier alpha value is -1.13. The molecule has 0 spiro atoms. The van der Waals surface area contributed by atoms with Gasteiger partial charge in [0.2, 0.25) is 0 Å². The number of carbonyl (C=O) groups excluding carboxylic acids is 1. The number of carbonyl (C=O) groups is 1. The van der Waals surface area contributed by atoms with E-state index in [0.717, 1.165) is 25.7 Å². The first-order valence-electron chi connectivity index (χ1n) is 6.51. The number of rotatable bonds is 5. The van der Waals surface area contributed by atoms with Gasteiger partial charge >= 0.3 is 0 Å². The lowest BCUT2D eigenvalue weighted by Crippen LogP contribution is -2.33. The summed E-state index contributed by atoms with van der Waals surface area (Å²) in [6, 6.07) is 4.02. The van der Waals surface area contributed by atoms with Crippen molar-refractivity contribution in [2.75, 3.05) is 26.2 Å². The van der Waals surface area contributed by atoms with E-state index in [-0.39, 0.29) is 11.3 Å². The highest BCUT2D eigenvalue weighted by Crippen LogP contribution is 2.19. The first-order chi connectivity index (χ1) is 9.16. The molecule has 3 nitrogen and oxygen atoms in total. The molecule has 0 atom stereocenters. The Morgan fingerprint density at radius 3 is 2.68 bits per heavy atom. The summed E-state index contributed by atoms with van der Waals surface area (Å²) < 4.78 is 19.0. The predicted octanol–water partition coefficient (Wildman–Crippen LogP) is 3.07. The summed E-state index contributed by atoms with van der Waals surface area (Å²) in [7, 11) is 0. The van der Waals surface area contributed by atoms with Crippen LogP contribution in [0.3, 0.4) is 0 Å². The summed E-state index contributed by atoms with van der Waals surface area (Å²) in [6.45, 7) is 3.43.